The van der Waals surface area contributed by atoms with E-state index in [9.17, 15) is 10.1 Å². The number of nitro benzene ring substituents is 1. The van der Waals surface area contributed by atoms with E-state index in [1.165, 1.54) is 23.9 Å². The van der Waals surface area contributed by atoms with Gasteiger partial charge in [0, 0.05) is 23.1 Å². The normalized spacial score (nSPS) is 11.5. The molecule has 27 heavy (non-hydrogen) atoms. The maximum Gasteiger partial charge on any atom is 0.269 e. The fraction of sp³-hybridized carbons (Fsp3) is 0. The van der Waals surface area contributed by atoms with E-state index in [0.717, 1.165) is 10.6 Å². The molecule has 0 aromatic heterocycles. The summed E-state index contributed by atoms with van der Waals surface area (Å²) in [5.41, 5.74) is 0.857. The molecule has 6 heteroatoms. The van der Waals surface area contributed by atoms with Crippen LogP contribution in [0.3, 0.4) is 0 Å². The van der Waals surface area contributed by atoms with Crippen LogP contribution in [0.2, 0.25) is 0 Å². The van der Waals surface area contributed by atoms with E-state index in [1.807, 2.05) is 66.1 Å². The molecule has 3 aromatic rings. The number of non-ortho nitro benzene ring substituents is 1. The number of aliphatic imine (C=N–C) groups is 1. The minimum Gasteiger partial charge on any atom is -0.439 e. The summed E-state index contributed by atoms with van der Waals surface area (Å²) in [6, 6.07) is 25.3. The largest absolute Gasteiger partial charge is 0.439 e. The van der Waals surface area contributed by atoms with Crippen LogP contribution in [0.15, 0.2) is 106 Å². The molecule has 0 saturated heterocycles. The number of nitro groups is 1. The zero-order valence-corrected chi connectivity index (χ0v) is 15.1. The maximum atomic E-state index is 10.7. The first kappa shape index (κ1) is 18.4. The van der Waals surface area contributed by atoms with Crippen molar-refractivity contribution in [1.82, 2.24) is 0 Å². The van der Waals surface area contributed by atoms with Crippen LogP contribution in [0.1, 0.15) is 0 Å². The Labute approximate surface area is 161 Å². The number of rotatable bonds is 6. The summed E-state index contributed by atoms with van der Waals surface area (Å²) in [6.45, 7) is 0. The Morgan fingerprint density at radius 1 is 0.926 bits per heavy atom. The zero-order valence-electron chi connectivity index (χ0n) is 14.3. The van der Waals surface area contributed by atoms with Crippen molar-refractivity contribution in [3.05, 3.63) is 107 Å². The van der Waals surface area contributed by atoms with E-state index >= 15 is 0 Å². The molecule has 0 aliphatic rings. The van der Waals surface area contributed by atoms with Crippen molar-refractivity contribution in [3.63, 3.8) is 0 Å². The number of hydrogen-bond donors (Lipinski definition) is 0. The average molecular weight is 376 g/mol. The molecule has 0 heterocycles. The quantitative estimate of drug-likeness (QED) is 0.174. The predicted octanol–water partition coefficient (Wildman–Crippen LogP) is 6.01. The lowest BCUT2D eigenvalue weighted by molar-refractivity contribution is -0.384. The van der Waals surface area contributed by atoms with Gasteiger partial charge in [-0.2, -0.15) is 0 Å². The molecule has 0 aliphatic carbocycles. The predicted molar refractivity (Wildman–Crippen MR) is 109 cm³/mol. The molecule has 0 fully saturated rings. The first-order valence-corrected chi connectivity index (χ1v) is 9.03. The highest BCUT2D eigenvalue weighted by Crippen LogP contribution is 2.23. The topological polar surface area (TPSA) is 64.7 Å². The number of hydrogen-bond acceptors (Lipinski definition) is 5. The maximum absolute atomic E-state index is 10.7. The first-order valence-electron chi connectivity index (χ1n) is 8.15. The van der Waals surface area contributed by atoms with Gasteiger partial charge in [-0.3, -0.25) is 10.1 Å². The highest BCUT2D eigenvalue weighted by molar-refractivity contribution is 8.02. The number of ether oxygens (including phenoxy) is 1. The molecule has 0 atom stereocenters. The molecule has 0 saturated carbocycles. The standard InChI is InChI=1S/C21H16N2O3S/c24-23(25)18-11-13-20(14-12-18)27-16-15-21(22-17-7-3-1-4-8-17)26-19-9-5-2-6-10-19/h1-16H. The lowest BCUT2D eigenvalue weighted by Crippen LogP contribution is -2.04. The van der Waals surface area contributed by atoms with Crippen molar-refractivity contribution < 1.29 is 9.66 Å². The molecular weight excluding hydrogens is 360 g/mol. The molecule has 3 rings (SSSR count). The molecule has 0 amide bonds. The second kappa shape index (κ2) is 9.35. The summed E-state index contributed by atoms with van der Waals surface area (Å²) in [5.74, 6) is 1.14. The smallest absolute Gasteiger partial charge is 0.269 e. The Morgan fingerprint density at radius 2 is 1.56 bits per heavy atom. The van der Waals surface area contributed by atoms with Crippen LogP contribution in [0.4, 0.5) is 11.4 Å². The Balaban J connectivity index is 1.75. The lowest BCUT2D eigenvalue weighted by atomic mass is 10.3. The van der Waals surface area contributed by atoms with Crippen molar-refractivity contribution in [1.29, 1.82) is 0 Å². The Hall–Kier alpha value is -3.38. The molecule has 0 N–H and O–H groups in total. The summed E-state index contributed by atoms with van der Waals surface area (Å²) in [4.78, 5) is 15.7. The average Bonchev–Trinajstić information content (AvgIpc) is 2.70. The third-order valence-electron chi connectivity index (χ3n) is 3.42. The number of nitrogens with zero attached hydrogens (tertiary/aromatic N) is 2. The fourth-order valence-corrected chi connectivity index (χ4v) is 2.79. The van der Waals surface area contributed by atoms with Crippen LogP contribution >= 0.6 is 11.8 Å². The Bertz CT molecular complexity index is 940. The van der Waals surface area contributed by atoms with E-state index in [1.54, 1.807) is 18.2 Å². The van der Waals surface area contributed by atoms with Crippen LogP contribution in [-0.4, -0.2) is 10.8 Å². The summed E-state index contributed by atoms with van der Waals surface area (Å²) in [6.07, 6.45) is 1.77. The van der Waals surface area contributed by atoms with Crippen molar-refractivity contribution in [2.24, 2.45) is 4.99 Å². The Morgan fingerprint density at radius 3 is 2.19 bits per heavy atom. The van der Waals surface area contributed by atoms with Crippen LogP contribution in [0.25, 0.3) is 0 Å². The zero-order chi connectivity index (χ0) is 18.9. The van der Waals surface area contributed by atoms with Gasteiger partial charge in [-0.05, 0) is 41.8 Å². The molecule has 5 nitrogen and oxygen atoms in total. The highest BCUT2D eigenvalue weighted by atomic mass is 32.2. The van der Waals surface area contributed by atoms with Crippen molar-refractivity contribution in [2.75, 3.05) is 0 Å². The molecule has 134 valence electrons. The van der Waals surface area contributed by atoms with Gasteiger partial charge in [0.1, 0.15) is 5.75 Å². The molecule has 0 unspecified atom stereocenters. The van der Waals surface area contributed by atoms with Crippen LogP contribution in [0.5, 0.6) is 5.75 Å². The SMILES string of the molecule is O=[N+]([O-])c1ccc(SC=CC(=Nc2ccccc2)Oc2ccccc2)cc1. The molecular formula is C21H16N2O3S. The van der Waals surface area contributed by atoms with E-state index in [0.29, 0.717) is 11.6 Å². The molecule has 0 aliphatic heterocycles. The minimum atomic E-state index is -0.414. The van der Waals surface area contributed by atoms with Crippen molar-refractivity contribution >= 4 is 29.0 Å². The summed E-state index contributed by atoms with van der Waals surface area (Å²) in [7, 11) is 0. The van der Waals surface area contributed by atoms with E-state index in [-0.39, 0.29) is 5.69 Å². The van der Waals surface area contributed by atoms with Gasteiger partial charge >= 0.3 is 0 Å². The van der Waals surface area contributed by atoms with Crippen molar-refractivity contribution in [2.45, 2.75) is 4.90 Å². The molecule has 0 radical (unpaired) electrons. The number of para-hydroxylation sites is 2. The summed E-state index contributed by atoms with van der Waals surface area (Å²) < 4.78 is 5.87. The van der Waals surface area contributed by atoms with E-state index in [2.05, 4.69) is 4.99 Å². The van der Waals surface area contributed by atoms with Gasteiger partial charge in [0.15, 0.2) is 0 Å². The van der Waals surface area contributed by atoms with Crippen molar-refractivity contribution in [3.8, 4) is 5.75 Å². The van der Waals surface area contributed by atoms with E-state index < -0.39 is 4.92 Å². The number of benzene rings is 3. The first-order chi connectivity index (χ1) is 13.2. The van der Waals surface area contributed by atoms with Gasteiger partial charge in [0.25, 0.3) is 5.69 Å². The Kier molecular flexibility index (Phi) is 6.38. The van der Waals surface area contributed by atoms with Gasteiger partial charge < -0.3 is 4.74 Å². The third kappa shape index (κ3) is 5.83. The fourth-order valence-electron chi connectivity index (χ4n) is 2.15. The molecule has 3 aromatic carbocycles. The molecule has 0 spiro atoms. The monoisotopic (exact) mass is 376 g/mol. The second-order valence-electron chi connectivity index (χ2n) is 5.37. The van der Waals surface area contributed by atoms with E-state index in [4.69, 9.17) is 4.74 Å². The summed E-state index contributed by atoms with van der Waals surface area (Å²) >= 11 is 1.43. The highest BCUT2D eigenvalue weighted by Gasteiger charge is 2.04. The number of thioether (sulfide) groups is 1. The summed E-state index contributed by atoms with van der Waals surface area (Å²) in [5, 5.41) is 12.6. The van der Waals surface area contributed by atoms with Gasteiger partial charge in [-0.15, -0.1) is 0 Å². The van der Waals surface area contributed by atoms with Gasteiger partial charge in [0.2, 0.25) is 5.90 Å². The lowest BCUT2D eigenvalue weighted by Gasteiger charge is -2.05. The van der Waals surface area contributed by atoms with Gasteiger partial charge in [-0.25, -0.2) is 4.99 Å². The van der Waals surface area contributed by atoms with Crippen LogP contribution in [-0.2, 0) is 0 Å². The van der Waals surface area contributed by atoms with Gasteiger partial charge in [0.05, 0.1) is 10.6 Å². The van der Waals surface area contributed by atoms with Crippen LogP contribution in [0, 0.1) is 10.1 Å². The second-order valence-corrected chi connectivity index (χ2v) is 6.35. The third-order valence-corrected chi connectivity index (χ3v) is 4.24. The minimum absolute atomic E-state index is 0.0714. The molecule has 0 bridgehead atoms. The van der Waals surface area contributed by atoms with Gasteiger partial charge in [-0.1, -0.05) is 48.2 Å². The van der Waals surface area contributed by atoms with Crippen LogP contribution < -0.4 is 4.74 Å².